The predicted octanol–water partition coefficient (Wildman–Crippen LogP) is 3.81. The minimum Gasteiger partial charge on any atom is -0.437 e. The number of benzene rings is 1. The monoisotopic (exact) mass is 299 g/mol. The number of nitriles is 1. The van der Waals surface area contributed by atoms with E-state index in [2.05, 4.69) is 10.2 Å². The average molecular weight is 300 g/mol. The van der Waals surface area contributed by atoms with Crippen molar-refractivity contribution in [3.8, 4) is 17.7 Å². The van der Waals surface area contributed by atoms with E-state index < -0.39 is 11.7 Å². The Bertz CT molecular complexity index is 682. The molecule has 102 valence electrons. The van der Waals surface area contributed by atoms with E-state index in [0.717, 1.165) is 12.1 Å². The maximum atomic E-state index is 12.6. The molecule has 0 N–H and O–H groups in total. The SMILES string of the molecule is N#Cc1cc(Cl)nnc1Oc1cccc(C(F)(F)F)c1. The van der Waals surface area contributed by atoms with Gasteiger partial charge in [-0.2, -0.15) is 18.4 Å². The van der Waals surface area contributed by atoms with Gasteiger partial charge in [-0.3, -0.25) is 0 Å². The molecule has 0 aliphatic heterocycles. The van der Waals surface area contributed by atoms with Crippen LogP contribution in [-0.4, -0.2) is 10.2 Å². The van der Waals surface area contributed by atoms with Crippen LogP contribution in [0.25, 0.3) is 0 Å². The van der Waals surface area contributed by atoms with E-state index in [9.17, 15) is 13.2 Å². The lowest BCUT2D eigenvalue weighted by molar-refractivity contribution is -0.137. The lowest BCUT2D eigenvalue weighted by Crippen LogP contribution is -2.04. The molecule has 1 heterocycles. The molecule has 2 aromatic rings. The van der Waals surface area contributed by atoms with Crippen molar-refractivity contribution < 1.29 is 17.9 Å². The van der Waals surface area contributed by atoms with Gasteiger partial charge >= 0.3 is 6.18 Å². The van der Waals surface area contributed by atoms with E-state index in [1.165, 1.54) is 18.2 Å². The Morgan fingerprint density at radius 1 is 1.20 bits per heavy atom. The Labute approximate surface area is 116 Å². The summed E-state index contributed by atoms with van der Waals surface area (Å²) in [6.07, 6.45) is -4.48. The Hall–Kier alpha value is -2.33. The summed E-state index contributed by atoms with van der Waals surface area (Å²) in [5, 5.41) is 15.9. The van der Waals surface area contributed by atoms with Gasteiger partial charge in [-0.15, -0.1) is 10.2 Å². The van der Waals surface area contributed by atoms with Crippen molar-refractivity contribution >= 4 is 11.6 Å². The average Bonchev–Trinajstić information content (AvgIpc) is 2.40. The van der Waals surface area contributed by atoms with E-state index in [1.807, 2.05) is 0 Å². The topological polar surface area (TPSA) is 58.8 Å². The summed E-state index contributed by atoms with van der Waals surface area (Å²) >= 11 is 5.55. The van der Waals surface area contributed by atoms with Crippen molar-refractivity contribution in [3.05, 3.63) is 46.6 Å². The molecule has 1 aromatic heterocycles. The Balaban J connectivity index is 2.34. The van der Waals surface area contributed by atoms with Gasteiger partial charge in [-0.1, -0.05) is 17.7 Å². The van der Waals surface area contributed by atoms with Crippen LogP contribution in [0.3, 0.4) is 0 Å². The molecular formula is C12H5ClF3N3O. The number of hydrogen-bond donors (Lipinski definition) is 0. The van der Waals surface area contributed by atoms with Crippen molar-refractivity contribution in [1.29, 1.82) is 5.26 Å². The molecule has 4 nitrogen and oxygen atoms in total. The number of nitrogens with zero attached hydrogens (tertiary/aromatic N) is 3. The molecule has 0 fully saturated rings. The molecule has 0 amide bonds. The maximum Gasteiger partial charge on any atom is 0.416 e. The largest absolute Gasteiger partial charge is 0.437 e. The smallest absolute Gasteiger partial charge is 0.416 e. The first-order valence-electron chi connectivity index (χ1n) is 5.18. The van der Waals surface area contributed by atoms with Gasteiger partial charge in [0.25, 0.3) is 5.88 Å². The number of ether oxygens (including phenoxy) is 1. The first kappa shape index (κ1) is 14.1. The molecule has 2 rings (SSSR count). The Kier molecular flexibility index (Phi) is 3.77. The van der Waals surface area contributed by atoms with Gasteiger partial charge in [0.05, 0.1) is 5.56 Å². The number of alkyl halides is 3. The van der Waals surface area contributed by atoms with Crippen LogP contribution < -0.4 is 4.74 Å². The fourth-order valence-electron chi connectivity index (χ4n) is 1.36. The van der Waals surface area contributed by atoms with E-state index in [1.54, 1.807) is 6.07 Å². The van der Waals surface area contributed by atoms with Gasteiger partial charge in [-0.05, 0) is 18.2 Å². The van der Waals surface area contributed by atoms with E-state index in [-0.39, 0.29) is 22.3 Å². The predicted molar refractivity (Wildman–Crippen MR) is 63.3 cm³/mol. The third kappa shape index (κ3) is 3.16. The van der Waals surface area contributed by atoms with Crippen LogP contribution in [0, 0.1) is 11.3 Å². The van der Waals surface area contributed by atoms with Crippen LogP contribution >= 0.6 is 11.6 Å². The highest BCUT2D eigenvalue weighted by Gasteiger charge is 2.30. The first-order chi connectivity index (χ1) is 9.40. The lowest BCUT2D eigenvalue weighted by Gasteiger charge is -2.09. The molecule has 0 spiro atoms. The van der Waals surface area contributed by atoms with Crippen LogP contribution in [0.5, 0.6) is 11.6 Å². The van der Waals surface area contributed by atoms with E-state index in [0.29, 0.717) is 0 Å². The summed E-state index contributed by atoms with van der Waals surface area (Å²) in [6, 6.07) is 7.18. The normalized spacial score (nSPS) is 10.9. The third-order valence-corrected chi connectivity index (χ3v) is 2.41. The zero-order valence-corrected chi connectivity index (χ0v) is 10.4. The lowest BCUT2D eigenvalue weighted by atomic mass is 10.2. The number of hydrogen-bond acceptors (Lipinski definition) is 4. The van der Waals surface area contributed by atoms with Crippen molar-refractivity contribution in [1.82, 2.24) is 10.2 Å². The van der Waals surface area contributed by atoms with Crippen LogP contribution in [0.4, 0.5) is 13.2 Å². The molecular weight excluding hydrogens is 295 g/mol. The van der Waals surface area contributed by atoms with Crippen LogP contribution in [0.15, 0.2) is 30.3 Å². The molecule has 0 aliphatic rings. The van der Waals surface area contributed by atoms with Crippen molar-refractivity contribution in [2.75, 3.05) is 0 Å². The molecule has 0 radical (unpaired) electrons. The summed E-state index contributed by atoms with van der Waals surface area (Å²) in [6.45, 7) is 0. The minimum absolute atomic E-state index is 0.0158. The molecule has 0 unspecified atom stereocenters. The van der Waals surface area contributed by atoms with Gasteiger partial charge in [0.1, 0.15) is 17.4 Å². The second-order valence-corrected chi connectivity index (χ2v) is 4.01. The number of rotatable bonds is 2. The zero-order chi connectivity index (χ0) is 14.8. The third-order valence-electron chi connectivity index (χ3n) is 2.23. The van der Waals surface area contributed by atoms with Gasteiger partial charge in [-0.25, -0.2) is 0 Å². The molecule has 8 heteroatoms. The highest BCUT2D eigenvalue weighted by Crippen LogP contribution is 2.32. The molecule has 0 aliphatic carbocycles. The van der Waals surface area contributed by atoms with Crippen molar-refractivity contribution in [2.24, 2.45) is 0 Å². The van der Waals surface area contributed by atoms with Gasteiger partial charge in [0.15, 0.2) is 5.15 Å². The van der Waals surface area contributed by atoms with Crippen LogP contribution in [0.1, 0.15) is 11.1 Å². The summed E-state index contributed by atoms with van der Waals surface area (Å²) in [4.78, 5) is 0. The van der Waals surface area contributed by atoms with Crippen molar-refractivity contribution in [3.63, 3.8) is 0 Å². The summed E-state index contributed by atoms with van der Waals surface area (Å²) in [5.41, 5.74) is -0.891. The van der Waals surface area contributed by atoms with Gasteiger partial charge < -0.3 is 4.74 Å². The fourth-order valence-corrected chi connectivity index (χ4v) is 1.51. The highest BCUT2D eigenvalue weighted by molar-refractivity contribution is 6.29. The molecule has 0 atom stereocenters. The zero-order valence-electron chi connectivity index (χ0n) is 9.65. The molecule has 0 bridgehead atoms. The van der Waals surface area contributed by atoms with Crippen molar-refractivity contribution in [2.45, 2.75) is 6.18 Å². The van der Waals surface area contributed by atoms with Crippen LogP contribution in [0.2, 0.25) is 5.15 Å². The Morgan fingerprint density at radius 3 is 2.60 bits per heavy atom. The number of halogens is 4. The van der Waals surface area contributed by atoms with Gasteiger partial charge in [0.2, 0.25) is 0 Å². The first-order valence-corrected chi connectivity index (χ1v) is 5.56. The van der Waals surface area contributed by atoms with E-state index in [4.69, 9.17) is 21.6 Å². The summed E-state index contributed by atoms with van der Waals surface area (Å²) in [5.74, 6) is -0.316. The quantitative estimate of drug-likeness (QED) is 0.846. The van der Waals surface area contributed by atoms with E-state index >= 15 is 0 Å². The molecule has 0 saturated heterocycles. The summed E-state index contributed by atoms with van der Waals surface area (Å²) < 4.78 is 42.8. The second kappa shape index (κ2) is 5.35. The summed E-state index contributed by atoms with van der Waals surface area (Å²) in [7, 11) is 0. The maximum absolute atomic E-state index is 12.6. The minimum atomic E-state index is -4.48. The molecule has 1 aromatic carbocycles. The fraction of sp³-hybridized carbons (Fsp3) is 0.0833. The molecule has 0 saturated carbocycles. The standard InChI is InChI=1S/C12H5ClF3N3O/c13-10-4-7(6-17)11(19-18-10)20-9-3-1-2-8(5-9)12(14,15)16/h1-5H. The Morgan fingerprint density at radius 2 is 1.95 bits per heavy atom. The molecule has 20 heavy (non-hydrogen) atoms. The van der Waals surface area contributed by atoms with Gasteiger partial charge in [0, 0.05) is 6.07 Å². The van der Waals surface area contributed by atoms with Crippen LogP contribution in [-0.2, 0) is 6.18 Å². The number of aromatic nitrogens is 2. The highest BCUT2D eigenvalue weighted by atomic mass is 35.5. The second-order valence-electron chi connectivity index (χ2n) is 3.63.